The van der Waals surface area contributed by atoms with Crippen molar-refractivity contribution >= 4 is 11.4 Å². The summed E-state index contributed by atoms with van der Waals surface area (Å²) in [5.41, 5.74) is 6.33. The van der Waals surface area contributed by atoms with Gasteiger partial charge in [-0.1, -0.05) is 29.8 Å². The molecule has 2 nitrogen and oxygen atoms in total. The summed E-state index contributed by atoms with van der Waals surface area (Å²) in [6.45, 7) is 5.13. The van der Waals surface area contributed by atoms with Gasteiger partial charge in [0.25, 0.3) is 0 Å². The summed E-state index contributed by atoms with van der Waals surface area (Å²) in [5.74, 6) is 0. The van der Waals surface area contributed by atoms with Gasteiger partial charge in [0.2, 0.25) is 0 Å². The molecule has 0 heterocycles. The van der Waals surface area contributed by atoms with Crippen molar-refractivity contribution in [2.45, 2.75) is 20.4 Å². The van der Waals surface area contributed by atoms with Gasteiger partial charge in [-0.15, -0.1) is 0 Å². The molecule has 0 aliphatic rings. The molecular weight excluding hydrogens is 232 g/mol. The van der Waals surface area contributed by atoms with E-state index in [9.17, 15) is 0 Å². The highest BCUT2D eigenvalue weighted by molar-refractivity contribution is 5.59. The van der Waals surface area contributed by atoms with Gasteiger partial charge in [0.15, 0.2) is 0 Å². The highest BCUT2D eigenvalue weighted by Gasteiger charge is 2.01. The van der Waals surface area contributed by atoms with Gasteiger partial charge in [0.05, 0.1) is 0 Å². The minimum atomic E-state index is 0.865. The fourth-order valence-electron chi connectivity index (χ4n) is 2.14. The molecule has 0 amide bonds. The van der Waals surface area contributed by atoms with E-state index in [0.29, 0.717) is 0 Å². The summed E-state index contributed by atoms with van der Waals surface area (Å²) in [6, 6.07) is 15.1. The molecule has 2 aromatic rings. The van der Waals surface area contributed by atoms with E-state index in [0.717, 1.165) is 6.54 Å². The van der Waals surface area contributed by atoms with E-state index < -0.39 is 0 Å². The van der Waals surface area contributed by atoms with Crippen LogP contribution in [-0.2, 0) is 6.54 Å². The molecule has 0 fully saturated rings. The molecule has 0 aliphatic carbocycles. The van der Waals surface area contributed by atoms with Gasteiger partial charge in [-0.05, 0) is 43.2 Å². The van der Waals surface area contributed by atoms with Gasteiger partial charge in [-0.2, -0.15) is 0 Å². The van der Waals surface area contributed by atoms with Crippen molar-refractivity contribution < 1.29 is 0 Å². The smallest absolute Gasteiger partial charge is 0.0400 e. The van der Waals surface area contributed by atoms with E-state index in [2.05, 4.69) is 80.6 Å². The molecule has 2 heteroatoms. The first-order chi connectivity index (χ1) is 9.06. The number of nitrogens with zero attached hydrogens (tertiary/aromatic N) is 1. The molecular formula is C17H22N2. The van der Waals surface area contributed by atoms with Gasteiger partial charge >= 0.3 is 0 Å². The lowest BCUT2D eigenvalue weighted by molar-refractivity contribution is 1.11. The Balaban J connectivity index is 2.07. The molecule has 0 aliphatic heterocycles. The minimum Gasteiger partial charge on any atom is -0.381 e. The monoisotopic (exact) mass is 254 g/mol. The van der Waals surface area contributed by atoms with E-state index in [4.69, 9.17) is 0 Å². The van der Waals surface area contributed by atoms with E-state index in [1.54, 1.807) is 0 Å². The molecule has 0 unspecified atom stereocenters. The van der Waals surface area contributed by atoms with Crippen LogP contribution in [0.3, 0.4) is 0 Å². The van der Waals surface area contributed by atoms with Crippen LogP contribution >= 0.6 is 0 Å². The molecule has 0 saturated carbocycles. The maximum atomic E-state index is 3.50. The third kappa shape index (κ3) is 3.50. The second-order valence-electron chi connectivity index (χ2n) is 5.24. The van der Waals surface area contributed by atoms with Crippen LogP contribution in [0.1, 0.15) is 16.7 Å². The second kappa shape index (κ2) is 5.79. The van der Waals surface area contributed by atoms with Crippen molar-refractivity contribution in [3.8, 4) is 0 Å². The summed E-state index contributed by atoms with van der Waals surface area (Å²) in [6.07, 6.45) is 0. The largest absolute Gasteiger partial charge is 0.381 e. The molecule has 0 atom stereocenters. The van der Waals surface area contributed by atoms with Gasteiger partial charge < -0.3 is 10.2 Å². The Morgan fingerprint density at radius 1 is 1.00 bits per heavy atom. The third-order valence-electron chi connectivity index (χ3n) is 3.29. The molecule has 0 saturated heterocycles. The average molecular weight is 254 g/mol. The first-order valence-corrected chi connectivity index (χ1v) is 6.63. The Morgan fingerprint density at radius 3 is 2.42 bits per heavy atom. The number of anilines is 2. The zero-order chi connectivity index (χ0) is 13.8. The molecule has 0 bridgehead atoms. The summed E-state index contributed by atoms with van der Waals surface area (Å²) < 4.78 is 0. The normalized spacial score (nSPS) is 10.3. The average Bonchev–Trinajstić information content (AvgIpc) is 2.37. The maximum absolute atomic E-state index is 3.50. The fraction of sp³-hybridized carbons (Fsp3) is 0.294. The number of aryl methyl sites for hydroxylation is 2. The molecule has 2 rings (SSSR count). The Hall–Kier alpha value is -1.96. The highest BCUT2D eigenvalue weighted by Crippen LogP contribution is 2.21. The van der Waals surface area contributed by atoms with E-state index in [1.165, 1.54) is 28.1 Å². The Labute approximate surface area is 116 Å². The van der Waals surface area contributed by atoms with Gasteiger partial charge in [0.1, 0.15) is 0 Å². The van der Waals surface area contributed by atoms with Gasteiger partial charge in [-0.25, -0.2) is 0 Å². The predicted molar refractivity (Wildman–Crippen MR) is 84.0 cm³/mol. The van der Waals surface area contributed by atoms with E-state index in [-0.39, 0.29) is 0 Å². The van der Waals surface area contributed by atoms with Crippen LogP contribution < -0.4 is 10.2 Å². The molecule has 100 valence electrons. The van der Waals surface area contributed by atoms with Gasteiger partial charge in [0, 0.05) is 32.0 Å². The van der Waals surface area contributed by atoms with Crippen LogP contribution in [0.4, 0.5) is 11.4 Å². The zero-order valence-corrected chi connectivity index (χ0v) is 12.2. The minimum absolute atomic E-state index is 0.865. The highest BCUT2D eigenvalue weighted by atomic mass is 15.1. The van der Waals surface area contributed by atoms with Crippen molar-refractivity contribution in [1.82, 2.24) is 0 Å². The van der Waals surface area contributed by atoms with Crippen LogP contribution in [0.25, 0.3) is 0 Å². The first-order valence-electron chi connectivity index (χ1n) is 6.63. The number of rotatable bonds is 4. The van der Waals surface area contributed by atoms with Crippen LogP contribution in [-0.4, -0.2) is 14.1 Å². The SMILES string of the molecule is Cc1cccc(CNc2ccc(N(C)C)cc2C)c1. The number of hydrogen-bond acceptors (Lipinski definition) is 2. The predicted octanol–water partition coefficient (Wildman–Crippen LogP) is 3.98. The quantitative estimate of drug-likeness (QED) is 0.887. The van der Waals surface area contributed by atoms with Crippen LogP contribution in [0.15, 0.2) is 42.5 Å². The van der Waals surface area contributed by atoms with Crippen LogP contribution in [0, 0.1) is 13.8 Å². The molecule has 0 spiro atoms. The summed E-state index contributed by atoms with van der Waals surface area (Å²) in [7, 11) is 4.13. The Morgan fingerprint density at radius 2 is 1.79 bits per heavy atom. The Kier molecular flexibility index (Phi) is 4.10. The molecule has 0 aromatic heterocycles. The van der Waals surface area contributed by atoms with Crippen molar-refractivity contribution in [3.05, 3.63) is 59.2 Å². The van der Waals surface area contributed by atoms with Crippen molar-refractivity contribution in [3.63, 3.8) is 0 Å². The molecule has 0 radical (unpaired) electrons. The van der Waals surface area contributed by atoms with Crippen molar-refractivity contribution in [2.75, 3.05) is 24.3 Å². The molecule has 1 N–H and O–H groups in total. The van der Waals surface area contributed by atoms with E-state index >= 15 is 0 Å². The lowest BCUT2D eigenvalue weighted by atomic mass is 10.1. The van der Waals surface area contributed by atoms with Crippen molar-refractivity contribution in [1.29, 1.82) is 0 Å². The van der Waals surface area contributed by atoms with Crippen LogP contribution in [0.2, 0.25) is 0 Å². The molecule has 2 aromatic carbocycles. The van der Waals surface area contributed by atoms with Crippen LogP contribution in [0.5, 0.6) is 0 Å². The fourth-order valence-corrected chi connectivity index (χ4v) is 2.14. The standard InChI is InChI=1S/C17H22N2/c1-13-6-5-7-15(10-13)12-18-17-9-8-16(19(3)4)11-14(17)2/h5-11,18H,12H2,1-4H3. The summed E-state index contributed by atoms with van der Waals surface area (Å²) in [4.78, 5) is 2.12. The third-order valence-corrected chi connectivity index (χ3v) is 3.29. The number of nitrogens with one attached hydrogen (secondary N) is 1. The zero-order valence-electron chi connectivity index (χ0n) is 12.2. The lowest BCUT2D eigenvalue weighted by Crippen LogP contribution is -2.09. The molecule has 19 heavy (non-hydrogen) atoms. The van der Waals surface area contributed by atoms with E-state index in [1.807, 2.05) is 0 Å². The lowest BCUT2D eigenvalue weighted by Gasteiger charge is -2.16. The second-order valence-corrected chi connectivity index (χ2v) is 5.24. The van der Waals surface area contributed by atoms with Gasteiger partial charge in [-0.3, -0.25) is 0 Å². The maximum Gasteiger partial charge on any atom is 0.0400 e. The topological polar surface area (TPSA) is 15.3 Å². The van der Waals surface area contributed by atoms with Crippen molar-refractivity contribution in [2.24, 2.45) is 0 Å². The summed E-state index contributed by atoms with van der Waals surface area (Å²) >= 11 is 0. The summed E-state index contributed by atoms with van der Waals surface area (Å²) in [5, 5.41) is 3.50. The number of hydrogen-bond donors (Lipinski definition) is 1. The Bertz CT molecular complexity index is 559. The number of benzene rings is 2. The first kappa shape index (κ1) is 13.5.